The summed E-state index contributed by atoms with van der Waals surface area (Å²) in [5.74, 6) is -0.697. The molecular formula is C20H27F3O3. The maximum atomic E-state index is 13.7. The molecule has 0 aromatic heterocycles. The van der Waals surface area contributed by atoms with Crippen LogP contribution in [0.3, 0.4) is 0 Å². The molecule has 0 aromatic rings. The van der Waals surface area contributed by atoms with Gasteiger partial charge in [0.1, 0.15) is 0 Å². The van der Waals surface area contributed by atoms with E-state index in [1.807, 2.05) is 0 Å². The minimum absolute atomic E-state index is 0.104. The standard InChI is InChI=1S/C20H27F3O3/c1-17-8-7-15(24)16(25)14(17)4-3-11-12(17)5-9-18(2)13(11)6-10-19(18,26)20(21,22)23/h11-14,26H,3-10H2,1-2H3/t11-,12-,13+,14?,17-,18+,19?/m1/s1. The lowest BCUT2D eigenvalue weighted by molar-refractivity contribution is -0.304. The molecule has 1 N–H and O–H groups in total. The highest BCUT2D eigenvalue weighted by Crippen LogP contribution is 2.69. The fourth-order valence-corrected chi connectivity index (χ4v) is 7.43. The van der Waals surface area contributed by atoms with Crippen molar-refractivity contribution in [1.82, 2.24) is 0 Å². The normalized spacial score (nSPS) is 51.6. The van der Waals surface area contributed by atoms with E-state index < -0.39 is 17.2 Å². The molecule has 0 aromatic carbocycles. The molecule has 6 heteroatoms. The Kier molecular flexibility index (Phi) is 3.78. The summed E-state index contributed by atoms with van der Waals surface area (Å²) in [5.41, 5.74) is -4.04. The smallest absolute Gasteiger partial charge is 0.380 e. The number of carbonyl (C=O) groups excluding carboxylic acids is 2. The molecule has 0 amide bonds. The van der Waals surface area contributed by atoms with E-state index in [0.29, 0.717) is 38.5 Å². The Morgan fingerprint density at radius 2 is 1.62 bits per heavy atom. The Morgan fingerprint density at radius 1 is 0.962 bits per heavy atom. The maximum Gasteiger partial charge on any atom is 0.417 e. The van der Waals surface area contributed by atoms with E-state index in [0.717, 1.165) is 0 Å². The summed E-state index contributed by atoms with van der Waals surface area (Å²) in [4.78, 5) is 24.3. The Morgan fingerprint density at radius 3 is 2.27 bits per heavy atom. The SMILES string of the molecule is C[C@]12CCC(=O)C(=O)C1CC[C@@H]1[C@H]2CC[C@@]2(C)[C@H]1CCC2(O)C(F)(F)F. The van der Waals surface area contributed by atoms with Gasteiger partial charge in [-0.15, -0.1) is 0 Å². The van der Waals surface area contributed by atoms with E-state index in [-0.39, 0.29) is 53.5 Å². The van der Waals surface area contributed by atoms with E-state index in [1.54, 1.807) is 6.92 Å². The zero-order valence-corrected chi connectivity index (χ0v) is 15.4. The van der Waals surface area contributed by atoms with Crippen molar-refractivity contribution in [1.29, 1.82) is 0 Å². The number of alkyl halides is 3. The van der Waals surface area contributed by atoms with Gasteiger partial charge in [0.2, 0.25) is 5.78 Å². The van der Waals surface area contributed by atoms with Crippen LogP contribution in [0.15, 0.2) is 0 Å². The van der Waals surface area contributed by atoms with Gasteiger partial charge in [-0.05, 0) is 68.1 Å². The molecule has 0 aliphatic heterocycles. The van der Waals surface area contributed by atoms with Crippen molar-refractivity contribution in [3.63, 3.8) is 0 Å². The summed E-state index contributed by atoms with van der Waals surface area (Å²) in [6, 6.07) is 0. The first-order valence-electron chi connectivity index (χ1n) is 9.82. The van der Waals surface area contributed by atoms with E-state index >= 15 is 0 Å². The highest BCUT2D eigenvalue weighted by Gasteiger charge is 2.72. The number of aliphatic hydroxyl groups is 1. The predicted molar refractivity (Wildman–Crippen MR) is 88.1 cm³/mol. The zero-order valence-electron chi connectivity index (χ0n) is 15.4. The molecule has 0 saturated heterocycles. The topological polar surface area (TPSA) is 54.4 Å². The third kappa shape index (κ3) is 2.05. The summed E-state index contributed by atoms with van der Waals surface area (Å²) < 4.78 is 41.1. The minimum Gasteiger partial charge on any atom is -0.380 e. The lowest BCUT2D eigenvalue weighted by Crippen LogP contribution is -2.61. The number of fused-ring (bicyclic) bond motifs is 5. The molecule has 4 saturated carbocycles. The number of hydrogen-bond donors (Lipinski definition) is 1. The lowest BCUT2D eigenvalue weighted by Gasteiger charge is -2.60. The first-order chi connectivity index (χ1) is 12.0. The van der Waals surface area contributed by atoms with Gasteiger partial charge in [0.05, 0.1) is 0 Å². The van der Waals surface area contributed by atoms with Crippen LogP contribution in [0.5, 0.6) is 0 Å². The average molecular weight is 372 g/mol. The zero-order chi connectivity index (χ0) is 19.1. The Bertz CT molecular complexity index is 659. The van der Waals surface area contributed by atoms with Crippen molar-refractivity contribution < 1.29 is 27.9 Å². The molecule has 0 heterocycles. The Balaban J connectivity index is 1.68. The third-order valence-electron chi connectivity index (χ3n) is 8.97. The lowest BCUT2D eigenvalue weighted by atomic mass is 9.44. The van der Waals surface area contributed by atoms with Crippen LogP contribution < -0.4 is 0 Å². The van der Waals surface area contributed by atoms with Crippen LogP contribution in [0.25, 0.3) is 0 Å². The molecular weight excluding hydrogens is 345 g/mol. The second kappa shape index (κ2) is 5.33. The molecule has 4 aliphatic carbocycles. The van der Waals surface area contributed by atoms with Crippen LogP contribution in [-0.2, 0) is 9.59 Å². The molecule has 4 aliphatic rings. The number of ketones is 2. The van der Waals surface area contributed by atoms with Gasteiger partial charge in [-0.25, -0.2) is 0 Å². The Labute approximate surface area is 151 Å². The highest BCUT2D eigenvalue weighted by atomic mass is 19.4. The quantitative estimate of drug-likeness (QED) is 0.652. The van der Waals surface area contributed by atoms with Crippen LogP contribution in [0.1, 0.15) is 65.2 Å². The molecule has 146 valence electrons. The van der Waals surface area contributed by atoms with Crippen LogP contribution in [0.2, 0.25) is 0 Å². The molecule has 7 atom stereocenters. The monoisotopic (exact) mass is 372 g/mol. The van der Waals surface area contributed by atoms with Gasteiger partial charge in [-0.2, -0.15) is 13.2 Å². The summed E-state index contributed by atoms with van der Waals surface area (Å²) >= 11 is 0. The summed E-state index contributed by atoms with van der Waals surface area (Å²) in [6.45, 7) is 3.70. The van der Waals surface area contributed by atoms with Gasteiger partial charge in [0.25, 0.3) is 0 Å². The highest BCUT2D eigenvalue weighted by molar-refractivity contribution is 6.38. The van der Waals surface area contributed by atoms with Gasteiger partial charge < -0.3 is 5.11 Å². The minimum atomic E-state index is -4.61. The van der Waals surface area contributed by atoms with Crippen LogP contribution >= 0.6 is 0 Å². The molecule has 3 nitrogen and oxygen atoms in total. The number of carbonyl (C=O) groups is 2. The average Bonchev–Trinajstić information content (AvgIpc) is 2.84. The van der Waals surface area contributed by atoms with Gasteiger partial charge >= 0.3 is 6.18 Å². The molecule has 26 heavy (non-hydrogen) atoms. The van der Waals surface area contributed by atoms with Crippen molar-refractivity contribution >= 4 is 11.6 Å². The summed E-state index contributed by atoms with van der Waals surface area (Å²) in [6.07, 6.45) is -1.29. The third-order valence-corrected chi connectivity index (χ3v) is 8.97. The largest absolute Gasteiger partial charge is 0.417 e. The van der Waals surface area contributed by atoms with Gasteiger partial charge in [-0.3, -0.25) is 9.59 Å². The van der Waals surface area contributed by atoms with E-state index in [9.17, 15) is 27.9 Å². The predicted octanol–water partition coefficient (Wildman–Crippen LogP) is 4.07. The maximum absolute atomic E-state index is 13.7. The molecule has 4 fully saturated rings. The fraction of sp³-hybridized carbons (Fsp3) is 0.900. The van der Waals surface area contributed by atoms with E-state index in [4.69, 9.17) is 0 Å². The van der Waals surface area contributed by atoms with Crippen molar-refractivity contribution in [3.05, 3.63) is 0 Å². The molecule has 2 unspecified atom stereocenters. The van der Waals surface area contributed by atoms with E-state index in [1.165, 1.54) is 0 Å². The first kappa shape index (κ1) is 18.5. The second-order valence-electron chi connectivity index (χ2n) is 9.65. The number of rotatable bonds is 0. The number of Topliss-reactive ketones (excluding diaryl/α,β-unsaturated/α-hetero) is 2. The van der Waals surface area contributed by atoms with Gasteiger partial charge in [-0.1, -0.05) is 13.8 Å². The van der Waals surface area contributed by atoms with Crippen molar-refractivity contribution in [2.75, 3.05) is 0 Å². The van der Waals surface area contributed by atoms with Gasteiger partial charge in [0.15, 0.2) is 11.4 Å². The molecule has 4 rings (SSSR count). The van der Waals surface area contributed by atoms with Crippen molar-refractivity contribution in [2.45, 2.75) is 77.0 Å². The molecule has 0 radical (unpaired) electrons. The van der Waals surface area contributed by atoms with Crippen LogP contribution in [-0.4, -0.2) is 28.5 Å². The Hall–Kier alpha value is -0.910. The first-order valence-corrected chi connectivity index (χ1v) is 9.82. The van der Waals surface area contributed by atoms with E-state index in [2.05, 4.69) is 6.92 Å². The van der Waals surface area contributed by atoms with Crippen molar-refractivity contribution in [2.24, 2.45) is 34.5 Å². The summed E-state index contributed by atoms with van der Waals surface area (Å²) in [5, 5.41) is 10.6. The number of halogens is 3. The second-order valence-corrected chi connectivity index (χ2v) is 9.65. The summed E-state index contributed by atoms with van der Waals surface area (Å²) in [7, 11) is 0. The number of hydrogen-bond acceptors (Lipinski definition) is 3. The van der Waals surface area contributed by atoms with Crippen LogP contribution in [0.4, 0.5) is 13.2 Å². The van der Waals surface area contributed by atoms with Gasteiger partial charge in [0, 0.05) is 17.8 Å². The molecule has 0 bridgehead atoms. The van der Waals surface area contributed by atoms with Crippen LogP contribution in [0, 0.1) is 34.5 Å². The van der Waals surface area contributed by atoms with Crippen molar-refractivity contribution in [3.8, 4) is 0 Å². The fourth-order valence-electron chi connectivity index (χ4n) is 7.43. The molecule has 0 spiro atoms.